The molecule has 0 aromatic carbocycles. The Balaban J connectivity index is 2.55. The van der Waals surface area contributed by atoms with Gasteiger partial charge in [0.15, 0.2) is 0 Å². The molecule has 0 aromatic rings. The summed E-state index contributed by atoms with van der Waals surface area (Å²) in [5.41, 5.74) is 2.12. The molecule has 12 heavy (non-hydrogen) atoms. The summed E-state index contributed by atoms with van der Waals surface area (Å²) in [6, 6.07) is 0. The molecule has 0 N–H and O–H groups in total. The fourth-order valence-electron chi connectivity index (χ4n) is 2.60. The highest BCUT2D eigenvalue weighted by Crippen LogP contribution is 2.57. The Bertz CT molecular complexity index is 124. The van der Waals surface area contributed by atoms with Crippen LogP contribution in [-0.4, -0.2) is 18.0 Å². The van der Waals surface area contributed by atoms with Crippen LogP contribution in [0.3, 0.4) is 0 Å². The van der Waals surface area contributed by atoms with Crippen LogP contribution in [0.2, 0.25) is 0 Å². The molecule has 0 radical (unpaired) electrons. The van der Waals surface area contributed by atoms with Crippen LogP contribution in [0.5, 0.6) is 0 Å². The SMILES string of the molecule is CC(C)[C@@H]1CC[C@@H](C(C)C)P1C. The Morgan fingerprint density at radius 3 is 1.42 bits per heavy atom. The molecule has 0 bridgehead atoms. The van der Waals surface area contributed by atoms with Crippen LogP contribution in [0.15, 0.2) is 0 Å². The van der Waals surface area contributed by atoms with Gasteiger partial charge in [0.2, 0.25) is 0 Å². The predicted octanol–water partition coefficient (Wildman–Crippen LogP) is 3.94. The molecule has 1 aliphatic rings. The second kappa shape index (κ2) is 4.09. The summed E-state index contributed by atoms with van der Waals surface area (Å²) in [7, 11) is 0.329. The lowest BCUT2D eigenvalue weighted by Gasteiger charge is -2.26. The second-order valence-electron chi connectivity index (χ2n) is 4.87. The van der Waals surface area contributed by atoms with Gasteiger partial charge in [0.05, 0.1) is 0 Å². The molecule has 0 spiro atoms. The lowest BCUT2D eigenvalue weighted by Crippen LogP contribution is -2.12. The van der Waals surface area contributed by atoms with Crippen LogP contribution in [-0.2, 0) is 0 Å². The summed E-state index contributed by atoms with van der Waals surface area (Å²) in [4.78, 5) is 0. The summed E-state index contributed by atoms with van der Waals surface area (Å²) in [6.45, 7) is 12.1. The number of hydrogen-bond acceptors (Lipinski definition) is 0. The lowest BCUT2D eigenvalue weighted by molar-refractivity contribution is 0.543. The van der Waals surface area contributed by atoms with Gasteiger partial charge in [-0.2, -0.15) is 0 Å². The Morgan fingerprint density at radius 2 is 1.25 bits per heavy atom. The summed E-state index contributed by atoms with van der Waals surface area (Å²) in [5, 5.41) is 0. The van der Waals surface area contributed by atoms with Crippen molar-refractivity contribution in [2.75, 3.05) is 6.66 Å². The van der Waals surface area contributed by atoms with Crippen LogP contribution >= 0.6 is 7.92 Å². The van der Waals surface area contributed by atoms with E-state index in [-0.39, 0.29) is 0 Å². The second-order valence-corrected chi connectivity index (χ2v) is 7.52. The van der Waals surface area contributed by atoms with Crippen LogP contribution in [0.4, 0.5) is 0 Å². The van der Waals surface area contributed by atoms with Gasteiger partial charge in [-0.15, -0.1) is 7.92 Å². The highest BCUT2D eigenvalue weighted by Gasteiger charge is 2.35. The molecule has 1 heteroatoms. The first-order valence-corrected chi connectivity index (χ1v) is 7.18. The predicted molar refractivity (Wildman–Crippen MR) is 59.3 cm³/mol. The van der Waals surface area contributed by atoms with E-state index in [1.165, 1.54) is 12.8 Å². The maximum atomic E-state index is 2.53. The van der Waals surface area contributed by atoms with Crippen molar-refractivity contribution >= 4 is 7.92 Å². The minimum absolute atomic E-state index is 0.329. The van der Waals surface area contributed by atoms with Crippen molar-refractivity contribution in [1.82, 2.24) is 0 Å². The average Bonchev–Trinajstić information content (AvgIpc) is 2.30. The Hall–Kier alpha value is 0.430. The molecule has 0 amide bonds. The average molecular weight is 186 g/mol. The van der Waals surface area contributed by atoms with Gasteiger partial charge in [0.25, 0.3) is 0 Å². The summed E-state index contributed by atoms with van der Waals surface area (Å²) in [6.07, 6.45) is 3.01. The van der Waals surface area contributed by atoms with Gasteiger partial charge in [-0.3, -0.25) is 0 Å². The monoisotopic (exact) mass is 186 g/mol. The smallest absolute Gasteiger partial charge is 0.0186 e. The molecule has 0 aromatic heterocycles. The van der Waals surface area contributed by atoms with E-state index in [0.717, 1.165) is 23.2 Å². The molecule has 1 aliphatic heterocycles. The first-order chi connectivity index (χ1) is 5.54. The molecular weight excluding hydrogens is 163 g/mol. The largest absolute Gasteiger partial charge is 0.103 e. The molecule has 1 rings (SSSR count). The maximum Gasteiger partial charge on any atom is -0.0186 e. The van der Waals surface area contributed by atoms with E-state index in [1.54, 1.807) is 0 Å². The van der Waals surface area contributed by atoms with Gasteiger partial charge >= 0.3 is 0 Å². The van der Waals surface area contributed by atoms with Gasteiger partial charge in [0.1, 0.15) is 0 Å². The standard InChI is InChI=1S/C11H23P/c1-8(2)10-6-7-11(9(3)4)12(10)5/h8-11H,6-7H2,1-5H3/t10-,11-/m0/s1. The van der Waals surface area contributed by atoms with Crippen LogP contribution in [0.25, 0.3) is 0 Å². The molecular formula is C11H23P. The number of hydrogen-bond donors (Lipinski definition) is 0. The number of rotatable bonds is 2. The summed E-state index contributed by atoms with van der Waals surface area (Å²) in [5.74, 6) is 1.84. The molecule has 0 unspecified atom stereocenters. The third-order valence-electron chi connectivity index (χ3n) is 3.34. The van der Waals surface area contributed by atoms with E-state index < -0.39 is 0 Å². The van der Waals surface area contributed by atoms with Crippen LogP contribution < -0.4 is 0 Å². The minimum Gasteiger partial charge on any atom is -0.103 e. The molecule has 1 saturated heterocycles. The fourth-order valence-corrected chi connectivity index (χ4v) is 6.09. The van der Waals surface area contributed by atoms with Crippen molar-refractivity contribution in [1.29, 1.82) is 0 Å². The summed E-state index contributed by atoms with van der Waals surface area (Å²) < 4.78 is 0. The zero-order valence-electron chi connectivity index (χ0n) is 9.17. The van der Waals surface area contributed by atoms with Gasteiger partial charge in [-0.05, 0) is 42.7 Å². The van der Waals surface area contributed by atoms with Gasteiger partial charge in [-0.25, -0.2) is 0 Å². The van der Waals surface area contributed by atoms with Crippen molar-refractivity contribution < 1.29 is 0 Å². The maximum absolute atomic E-state index is 2.53. The Kier molecular flexibility index (Phi) is 3.58. The molecule has 0 aliphatic carbocycles. The zero-order chi connectivity index (χ0) is 9.30. The molecule has 72 valence electrons. The lowest BCUT2D eigenvalue weighted by atomic mass is 10.0. The van der Waals surface area contributed by atoms with Crippen molar-refractivity contribution in [2.24, 2.45) is 11.8 Å². The molecule has 0 saturated carbocycles. The Labute approximate surface area is 78.9 Å². The molecule has 2 atom stereocenters. The topological polar surface area (TPSA) is 0 Å². The third-order valence-corrected chi connectivity index (χ3v) is 7.14. The first kappa shape index (κ1) is 10.5. The van der Waals surface area contributed by atoms with Crippen molar-refractivity contribution in [3.05, 3.63) is 0 Å². The Morgan fingerprint density at radius 1 is 0.917 bits per heavy atom. The van der Waals surface area contributed by atoms with E-state index in [0.29, 0.717) is 7.92 Å². The molecule has 0 nitrogen and oxygen atoms in total. The van der Waals surface area contributed by atoms with Gasteiger partial charge in [-0.1, -0.05) is 27.7 Å². The fraction of sp³-hybridized carbons (Fsp3) is 1.00. The van der Waals surface area contributed by atoms with Crippen LogP contribution in [0.1, 0.15) is 40.5 Å². The van der Waals surface area contributed by atoms with Crippen molar-refractivity contribution in [3.63, 3.8) is 0 Å². The zero-order valence-corrected chi connectivity index (χ0v) is 10.1. The van der Waals surface area contributed by atoms with Crippen molar-refractivity contribution in [3.8, 4) is 0 Å². The van der Waals surface area contributed by atoms with Gasteiger partial charge < -0.3 is 0 Å². The van der Waals surface area contributed by atoms with E-state index in [4.69, 9.17) is 0 Å². The van der Waals surface area contributed by atoms with Crippen molar-refractivity contribution in [2.45, 2.75) is 51.9 Å². The molecule has 1 fully saturated rings. The first-order valence-electron chi connectivity index (χ1n) is 5.26. The summed E-state index contributed by atoms with van der Waals surface area (Å²) >= 11 is 0. The third kappa shape index (κ3) is 2.02. The van der Waals surface area contributed by atoms with Gasteiger partial charge in [0, 0.05) is 0 Å². The van der Waals surface area contributed by atoms with Crippen LogP contribution in [0, 0.1) is 11.8 Å². The normalized spacial score (nSPS) is 32.2. The van der Waals surface area contributed by atoms with E-state index in [1.807, 2.05) is 0 Å². The highest BCUT2D eigenvalue weighted by atomic mass is 31.1. The minimum atomic E-state index is 0.329. The van der Waals surface area contributed by atoms with E-state index >= 15 is 0 Å². The highest BCUT2D eigenvalue weighted by molar-refractivity contribution is 7.58. The molecule has 1 heterocycles. The van der Waals surface area contributed by atoms with E-state index in [2.05, 4.69) is 34.4 Å². The van der Waals surface area contributed by atoms with E-state index in [9.17, 15) is 0 Å². The quantitative estimate of drug-likeness (QED) is 0.573.